The Kier molecular flexibility index (Phi) is 15.6. The van der Waals surface area contributed by atoms with E-state index in [4.69, 9.17) is 22.7 Å². The van der Waals surface area contributed by atoms with Crippen molar-refractivity contribution in [2.24, 2.45) is 4.99 Å². The van der Waals surface area contributed by atoms with E-state index in [1.807, 2.05) is 26.0 Å². The van der Waals surface area contributed by atoms with Crippen molar-refractivity contribution in [3.05, 3.63) is 106 Å². The number of pyridine rings is 2. The minimum atomic E-state index is -0.810. The lowest BCUT2D eigenvalue weighted by atomic mass is 9.75. The van der Waals surface area contributed by atoms with E-state index < -0.39 is 34.5 Å². The average molecular weight is 865 g/mol. The molecule has 3 N–H and O–H groups in total. The summed E-state index contributed by atoms with van der Waals surface area (Å²) in [6.07, 6.45) is 8.67. The summed E-state index contributed by atoms with van der Waals surface area (Å²) in [5.74, 6) is -2.32. The van der Waals surface area contributed by atoms with Gasteiger partial charge < -0.3 is 20.9 Å². The first kappa shape index (κ1) is 47.2. The number of rotatable bonds is 8. The highest BCUT2D eigenvalue weighted by Gasteiger charge is 2.59. The van der Waals surface area contributed by atoms with Gasteiger partial charge in [0.15, 0.2) is 5.11 Å². The average Bonchev–Trinajstić information content (AvgIpc) is 3.45. The van der Waals surface area contributed by atoms with E-state index >= 15 is 0 Å². The number of nitrogens with zero attached hydrogens (tertiary/aromatic N) is 7. The van der Waals surface area contributed by atoms with Crippen molar-refractivity contribution in [3.8, 4) is 12.1 Å². The van der Waals surface area contributed by atoms with Gasteiger partial charge in [0.2, 0.25) is 0 Å². The molecule has 2 aromatic heterocycles. The lowest BCUT2D eigenvalue weighted by Crippen LogP contribution is -2.55. The molecule has 17 heteroatoms. The summed E-state index contributed by atoms with van der Waals surface area (Å²) < 4.78 is 28.4. The molecule has 0 bridgehead atoms. The minimum absolute atomic E-state index is 0. The van der Waals surface area contributed by atoms with Gasteiger partial charge >= 0.3 is 0 Å². The zero-order valence-electron chi connectivity index (χ0n) is 33.7. The molecule has 316 valence electrons. The Morgan fingerprint density at radius 2 is 1.51 bits per heavy atom. The van der Waals surface area contributed by atoms with Gasteiger partial charge in [-0.15, -0.1) is 0 Å². The second-order valence-electron chi connectivity index (χ2n) is 14.3. The van der Waals surface area contributed by atoms with Crippen LogP contribution in [0.1, 0.15) is 96.1 Å². The fourth-order valence-electron chi connectivity index (χ4n) is 7.02. The molecule has 3 aliphatic rings. The standard InChI is InChI=1S/C22H23FN4O2S.C13H14FN3O.C8H5N3S.CH4/c1-4-18-13(2)10-15(12-25-18)26-20(29)22(8-5-9-22)27(21(26)30)14-6-7-16(17(23)11-14)19(28)24-3;1-16-12(18)10-4-3-9(7-11(10)14)17-13(8-15)5-2-6-13;1-6-2-7(11-5-12)4-10-8(6)3-9;/h6-7,10-12H,4-5,8-9H2,1-3H3,(H,24,28);3-4,7,17H,2,5-6H2,1H3,(H,16,18);2,4H,1H3;1H4. The number of aromatic nitrogens is 2. The van der Waals surface area contributed by atoms with E-state index in [1.54, 1.807) is 36.2 Å². The number of anilines is 3. The summed E-state index contributed by atoms with van der Waals surface area (Å²) in [6.45, 7) is 5.79. The molecule has 1 aliphatic heterocycles. The van der Waals surface area contributed by atoms with Crippen LogP contribution in [0.2, 0.25) is 0 Å². The number of nitriles is 2. The summed E-state index contributed by atoms with van der Waals surface area (Å²) in [4.78, 5) is 52.0. The number of hydrogen-bond acceptors (Lipinski definition) is 11. The first-order valence-electron chi connectivity index (χ1n) is 19.0. The second-order valence-corrected chi connectivity index (χ2v) is 14.9. The summed E-state index contributed by atoms with van der Waals surface area (Å²) in [7, 11) is 2.90. The molecular formula is C44H46F2N10O3S2. The zero-order valence-corrected chi connectivity index (χ0v) is 35.3. The van der Waals surface area contributed by atoms with Gasteiger partial charge in [-0.1, -0.05) is 14.4 Å². The summed E-state index contributed by atoms with van der Waals surface area (Å²) in [5, 5.41) is 28.0. The molecule has 3 fully saturated rings. The highest BCUT2D eigenvalue weighted by atomic mass is 32.1. The highest BCUT2D eigenvalue weighted by molar-refractivity contribution is 7.81. The predicted octanol–water partition coefficient (Wildman–Crippen LogP) is 8.19. The van der Waals surface area contributed by atoms with Gasteiger partial charge in [-0.25, -0.2) is 13.8 Å². The number of aliphatic imine (C=N–C) groups is 1. The minimum Gasteiger partial charge on any atom is -0.367 e. The fraction of sp³-hybridized carbons (Fsp3) is 0.341. The molecule has 2 aromatic carbocycles. The third-order valence-corrected chi connectivity index (χ3v) is 11.1. The van der Waals surface area contributed by atoms with E-state index in [2.05, 4.69) is 54.4 Å². The number of carbonyl (C=O) groups is 3. The largest absolute Gasteiger partial charge is 0.367 e. The SMILES string of the molecule is C.CCc1ncc(N2C(=O)C3(CCC3)N(c3ccc(C(=O)NC)c(F)c3)C2=S)cc1C.CNC(=O)c1ccc(NC2(C#N)CCC2)cc1F.Cc1cc(N=C=S)cnc1C#N. The molecule has 0 radical (unpaired) electrons. The number of hydrogen-bond donors (Lipinski definition) is 3. The van der Waals surface area contributed by atoms with E-state index in [-0.39, 0.29) is 24.5 Å². The molecule has 7 rings (SSSR count). The van der Waals surface area contributed by atoms with Crippen LogP contribution in [0.3, 0.4) is 0 Å². The normalized spacial score (nSPS) is 15.0. The Balaban J connectivity index is 0.000000224. The molecule has 2 aliphatic carbocycles. The summed E-state index contributed by atoms with van der Waals surface area (Å²) in [6, 6.07) is 16.5. The molecule has 13 nitrogen and oxygen atoms in total. The smallest absolute Gasteiger partial charge is 0.259 e. The molecule has 4 aromatic rings. The van der Waals surface area contributed by atoms with Gasteiger partial charge in [0.05, 0.1) is 46.1 Å². The van der Waals surface area contributed by atoms with Gasteiger partial charge in [0.1, 0.15) is 34.5 Å². The number of benzene rings is 2. The van der Waals surface area contributed by atoms with Crippen LogP contribution in [0.4, 0.5) is 31.5 Å². The first-order chi connectivity index (χ1) is 28.7. The third-order valence-electron chi connectivity index (χ3n) is 10.6. The van der Waals surface area contributed by atoms with Crippen molar-refractivity contribution in [2.45, 2.75) is 84.2 Å². The number of thiocarbonyl (C=S) groups is 2. The summed E-state index contributed by atoms with van der Waals surface area (Å²) in [5.41, 5.74) is 3.99. The zero-order chi connectivity index (χ0) is 43.8. The molecule has 2 saturated carbocycles. The first-order valence-corrected chi connectivity index (χ1v) is 19.8. The lowest BCUT2D eigenvalue weighted by Gasteiger charge is -2.43. The van der Waals surface area contributed by atoms with Crippen molar-refractivity contribution in [1.29, 1.82) is 10.5 Å². The topological polar surface area (TPSA) is 179 Å². The van der Waals surface area contributed by atoms with Crippen LogP contribution in [0.25, 0.3) is 0 Å². The van der Waals surface area contributed by atoms with Crippen LogP contribution in [0.15, 0.2) is 65.9 Å². The number of aryl methyl sites for hydroxylation is 3. The molecule has 0 atom stereocenters. The number of halogens is 2. The van der Waals surface area contributed by atoms with E-state index in [0.717, 1.165) is 48.9 Å². The van der Waals surface area contributed by atoms with Crippen LogP contribution >= 0.6 is 24.4 Å². The number of carbonyl (C=O) groups excluding carboxylic acids is 3. The van der Waals surface area contributed by atoms with Crippen LogP contribution < -0.4 is 25.8 Å². The Hall–Kier alpha value is -6.52. The Labute approximate surface area is 364 Å². The molecular weight excluding hydrogens is 819 g/mol. The van der Waals surface area contributed by atoms with E-state index in [0.29, 0.717) is 46.4 Å². The van der Waals surface area contributed by atoms with Gasteiger partial charge in [-0.3, -0.25) is 24.3 Å². The van der Waals surface area contributed by atoms with Crippen LogP contribution in [0.5, 0.6) is 0 Å². The second kappa shape index (κ2) is 20.2. The highest BCUT2D eigenvalue weighted by Crippen LogP contribution is 2.48. The molecule has 3 heterocycles. The lowest BCUT2D eigenvalue weighted by molar-refractivity contribution is -0.123. The van der Waals surface area contributed by atoms with Crippen molar-refractivity contribution in [3.63, 3.8) is 0 Å². The maximum atomic E-state index is 14.7. The van der Waals surface area contributed by atoms with Crippen molar-refractivity contribution in [1.82, 2.24) is 20.6 Å². The molecule has 1 spiro atoms. The number of amides is 3. The maximum absolute atomic E-state index is 14.7. The van der Waals surface area contributed by atoms with E-state index in [1.165, 1.54) is 49.5 Å². The number of isothiocyanates is 1. The Morgan fingerprint density at radius 1 is 0.885 bits per heavy atom. The monoisotopic (exact) mass is 864 g/mol. The van der Waals surface area contributed by atoms with Gasteiger partial charge in [-0.05, 0) is 143 Å². The van der Waals surface area contributed by atoms with Crippen LogP contribution in [-0.2, 0) is 11.2 Å². The van der Waals surface area contributed by atoms with Gasteiger partial charge in [0.25, 0.3) is 17.7 Å². The molecule has 0 unspecified atom stereocenters. The van der Waals surface area contributed by atoms with Crippen LogP contribution in [0, 0.1) is 48.1 Å². The molecule has 3 amide bonds. The quantitative estimate of drug-likeness (QED) is 0.115. The molecule has 61 heavy (non-hydrogen) atoms. The summed E-state index contributed by atoms with van der Waals surface area (Å²) >= 11 is 10.1. The van der Waals surface area contributed by atoms with Gasteiger partial charge in [0, 0.05) is 31.2 Å². The van der Waals surface area contributed by atoms with Crippen molar-refractivity contribution in [2.75, 3.05) is 29.2 Å². The predicted molar refractivity (Wildman–Crippen MR) is 238 cm³/mol. The Morgan fingerprint density at radius 3 is 1.97 bits per heavy atom. The van der Waals surface area contributed by atoms with Crippen LogP contribution in [-0.4, -0.2) is 63.1 Å². The third kappa shape index (κ3) is 9.76. The fourth-order valence-corrected chi connectivity index (χ4v) is 7.60. The molecule has 1 saturated heterocycles. The van der Waals surface area contributed by atoms with Crippen molar-refractivity contribution >= 4 is 75.2 Å². The number of nitrogens with one attached hydrogen (secondary N) is 3. The maximum Gasteiger partial charge on any atom is 0.259 e. The van der Waals surface area contributed by atoms with Gasteiger partial charge in [-0.2, -0.15) is 15.5 Å². The van der Waals surface area contributed by atoms with Crippen molar-refractivity contribution < 1.29 is 23.2 Å². The van der Waals surface area contributed by atoms with E-state index in [9.17, 15) is 23.2 Å². The Bertz CT molecular complexity index is 2490.